The molecule has 0 saturated carbocycles. The van der Waals surface area contributed by atoms with Crippen molar-refractivity contribution in [3.05, 3.63) is 148 Å². The fraction of sp³-hybridized carbons (Fsp3) is 0.327. The molecule has 0 aliphatic carbocycles. The minimum Gasteiger partial charge on any atom is -0.497 e. The highest BCUT2D eigenvalue weighted by molar-refractivity contribution is 6.44. The molecule has 0 bridgehead atoms. The highest BCUT2D eigenvalue weighted by Crippen LogP contribution is 2.42. The number of alkyl halides is 10. The summed E-state index contributed by atoms with van der Waals surface area (Å²) in [6.07, 6.45) is -9.13. The van der Waals surface area contributed by atoms with E-state index < -0.39 is 44.7 Å². The van der Waals surface area contributed by atoms with Crippen LogP contribution in [0.15, 0.2) is 120 Å². The Morgan fingerprint density at radius 3 is 1.48 bits per heavy atom. The highest BCUT2D eigenvalue weighted by atomic mass is 19.4. The van der Waals surface area contributed by atoms with Crippen LogP contribution in [0.5, 0.6) is 5.75 Å². The number of aryl methyl sites for hydroxylation is 1. The Hall–Kier alpha value is -5.61. The van der Waals surface area contributed by atoms with Crippen molar-refractivity contribution < 1.29 is 57.9 Å². The van der Waals surface area contributed by atoms with E-state index in [1.165, 1.54) is 43.5 Å². The summed E-state index contributed by atoms with van der Waals surface area (Å²) in [4.78, 5) is 4.97. The van der Waals surface area contributed by atoms with E-state index in [1.807, 2.05) is 109 Å². The quantitative estimate of drug-likeness (QED) is 0.0873. The van der Waals surface area contributed by atoms with E-state index in [0.717, 1.165) is 21.2 Å². The van der Waals surface area contributed by atoms with Gasteiger partial charge in [0.2, 0.25) is 0 Å². The number of nitrogens with zero attached hydrogens (tertiary/aromatic N) is 2. The van der Waals surface area contributed by atoms with Gasteiger partial charge in [-0.1, -0.05) is 120 Å². The fourth-order valence-electron chi connectivity index (χ4n) is 6.92. The number of rotatable bonds is 13. The summed E-state index contributed by atoms with van der Waals surface area (Å²) in [5.41, 5.74) is 5.63. The van der Waals surface area contributed by atoms with Crippen molar-refractivity contribution in [1.29, 1.82) is 0 Å². The summed E-state index contributed by atoms with van der Waals surface area (Å²) < 4.78 is 157. The van der Waals surface area contributed by atoms with Crippen molar-refractivity contribution in [3.8, 4) is 28.1 Å². The molecule has 5 nitrogen and oxygen atoms in total. The molecular weight excluding hydrogens is 865 g/mol. The summed E-state index contributed by atoms with van der Waals surface area (Å²) >= 11 is 0. The second-order valence-electron chi connectivity index (χ2n) is 17.9. The molecule has 0 radical (unpaired) electrons. The van der Waals surface area contributed by atoms with Gasteiger partial charge in [0.1, 0.15) is 19.0 Å². The third-order valence-corrected chi connectivity index (χ3v) is 10.9. The number of aromatic nitrogens is 1. The predicted octanol–water partition coefficient (Wildman–Crippen LogP) is 13.9. The number of ether oxygens (including phenoxy) is 1. The smallest absolute Gasteiger partial charge is 0.497 e. The normalized spacial score (nSPS) is 14.8. The lowest BCUT2D eigenvalue weighted by atomic mass is 9.86. The van der Waals surface area contributed by atoms with E-state index in [1.54, 1.807) is 18.2 Å². The van der Waals surface area contributed by atoms with Gasteiger partial charge in [-0.15, -0.1) is 0 Å². The number of hydrogen-bond acceptors (Lipinski definition) is 4. The molecule has 0 atom stereocenters. The standard InChI is InChI=1S/C49H47BF10N2O3/c1-30-9-11-33(12-10-30)40-25-38(31-13-19-35(20-14-31)44(2,3)4)41(61-40)27-43-39(32-15-21-36(22-16-32)45(5,6)7)26-42(34-17-23-37(63-8)24-18-34)62(43)50(64-28-46(51,52)48(55,56)57)65-29-47(53,54)49(58,59)60/h9-27H,28-29H2,1-8H3/b41-27-. The third-order valence-electron chi connectivity index (χ3n) is 10.9. The van der Waals surface area contributed by atoms with E-state index in [4.69, 9.17) is 19.0 Å². The fourth-order valence-corrected chi connectivity index (χ4v) is 6.92. The molecule has 344 valence electrons. The highest BCUT2D eigenvalue weighted by Gasteiger charge is 2.60. The molecule has 0 unspecified atom stereocenters. The maximum atomic E-state index is 14.7. The van der Waals surface area contributed by atoms with Gasteiger partial charge < -0.3 is 18.5 Å². The molecular formula is C49H47BF10N2O3. The minimum atomic E-state index is -6.19. The van der Waals surface area contributed by atoms with Gasteiger partial charge >= 0.3 is 31.5 Å². The number of hydrogen-bond donors (Lipinski definition) is 0. The van der Waals surface area contributed by atoms with Crippen LogP contribution in [0, 0.1) is 6.92 Å². The van der Waals surface area contributed by atoms with Gasteiger partial charge in [-0.2, -0.15) is 43.9 Å². The van der Waals surface area contributed by atoms with Crippen molar-refractivity contribution >= 4 is 24.6 Å². The molecule has 0 spiro atoms. The van der Waals surface area contributed by atoms with Crippen molar-refractivity contribution in [2.45, 2.75) is 83.5 Å². The molecule has 1 aliphatic heterocycles. The Labute approximate surface area is 371 Å². The first-order chi connectivity index (χ1) is 30.1. The summed E-state index contributed by atoms with van der Waals surface area (Å²) in [6.45, 7) is 8.96. The van der Waals surface area contributed by atoms with Crippen LogP contribution in [-0.2, 0) is 20.1 Å². The molecule has 6 rings (SSSR count). The second-order valence-corrected chi connectivity index (χ2v) is 17.9. The van der Waals surface area contributed by atoms with Gasteiger partial charge in [0.05, 0.1) is 18.5 Å². The van der Waals surface area contributed by atoms with Crippen LogP contribution in [-0.4, -0.2) is 62.0 Å². The maximum Gasteiger partial charge on any atom is 0.598 e. The van der Waals surface area contributed by atoms with E-state index in [0.29, 0.717) is 33.7 Å². The van der Waals surface area contributed by atoms with Crippen LogP contribution in [0.4, 0.5) is 43.9 Å². The average molecular weight is 913 g/mol. The monoisotopic (exact) mass is 912 g/mol. The summed E-state index contributed by atoms with van der Waals surface area (Å²) in [5.74, 6) is -10.8. The predicted molar refractivity (Wildman–Crippen MR) is 234 cm³/mol. The van der Waals surface area contributed by atoms with E-state index in [-0.39, 0.29) is 39.0 Å². The first-order valence-corrected chi connectivity index (χ1v) is 20.4. The van der Waals surface area contributed by atoms with Crippen LogP contribution in [0.2, 0.25) is 0 Å². The van der Waals surface area contributed by atoms with E-state index in [2.05, 4.69) is 0 Å². The molecule has 16 heteroatoms. The number of methoxy groups -OCH3 is 1. The van der Waals surface area contributed by atoms with Crippen molar-refractivity contribution in [1.82, 2.24) is 4.48 Å². The molecule has 5 aromatic rings. The number of allylic oxidation sites excluding steroid dienone is 2. The lowest BCUT2D eigenvalue weighted by Gasteiger charge is -2.26. The zero-order valence-electron chi connectivity index (χ0n) is 36.9. The zero-order valence-corrected chi connectivity index (χ0v) is 36.9. The zero-order chi connectivity index (χ0) is 47.9. The van der Waals surface area contributed by atoms with Crippen molar-refractivity contribution in [2.75, 3.05) is 20.3 Å². The van der Waals surface area contributed by atoms with Gasteiger partial charge in [-0.05, 0) is 88.1 Å². The minimum absolute atomic E-state index is 0.0779. The van der Waals surface area contributed by atoms with Gasteiger partial charge in [0.15, 0.2) is 0 Å². The summed E-state index contributed by atoms with van der Waals surface area (Å²) in [6, 6.07) is 29.6. The third kappa shape index (κ3) is 10.9. The molecule has 0 amide bonds. The summed E-state index contributed by atoms with van der Waals surface area (Å²) in [5, 5.41) is 0. The lowest BCUT2D eigenvalue weighted by Crippen LogP contribution is -2.48. The van der Waals surface area contributed by atoms with Crippen molar-refractivity contribution in [3.63, 3.8) is 0 Å². The lowest BCUT2D eigenvalue weighted by molar-refractivity contribution is -0.295. The van der Waals surface area contributed by atoms with Gasteiger partial charge in [-0.25, -0.2) is 4.99 Å². The van der Waals surface area contributed by atoms with Crippen LogP contribution in [0.3, 0.4) is 0 Å². The number of aliphatic imine (C=N–C) groups is 1. The Kier molecular flexibility index (Phi) is 13.5. The van der Waals surface area contributed by atoms with Crippen LogP contribution in [0.25, 0.3) is 34.0 Å². The second kappa shape index (κ2) is 18.0. The Morgan fingerprint density at radius 1 is 0.585 bits per heavy atom. The largest absolute Gasteiger partial charge is 0.598 e. The summed E-state index contributed by atoms with van der Waals surface area (Å²) in [7, 11) is -1.36. The molecule has 2 heterocycles. The van der Waals surface area contributed by atoms with Crippen LogP contribution in [0.1, 0.15) is 75.1 Å². The Morgan fingerprint density at radius 2 is 1.03 bits per heavy atom. The van der Waals surface area contributed by atoms with Crippen molar-refractivity contribution in [2.24, 2.45) is 4.99 Å². The maximum absolute atomic E-state index is 14.7. The van der Waals surface area contributed by atoms with Gasteiger partial charge in [0, 0.05) is 28.1 Å². The molecule has 0 saturated heterocycles. The molecule has 1 aromatic heterocycles. The van der Waals surface area contributed by atoms with Gasteiger partial charge in [-0.3, -0.25) is 0 Å². The number of benzene rings is 4. The molecule has 65 heavy (non-hydrogen) atoms. The van der Waals surface area contributed by atoms with Crippen LogP contribution < -0.4 is 4.74 Å². The molecule has 0 fully saturated rings. The topological polar surface area (TPSA) is 45.0 Å². The van der Waals surface area contributed by atoms with Gasteiger partial charge in [0.25, 0.3) is 0 Å². The van der Waals surface area contributed by atoms with E-state index in [9.17, 15) is 43.9 Å². The number of halogens is 10. The Bertz CT molecular complexity index is 2530. The van der Waals surface area contributed by atoms with E-state index >= 15 is 0 Å². The molecule has 4 aromatic carbocycles. The SMILES string of the molecule is COc1ccc(-c2cc(-c3ccc(C(C)(C)C)cc3)c(/C=C3\N=C(c4ccc(C)cc4)C=C3c3ccc(C(C)(C)C)cc3)n2B(OCC(F)(F)C(F)(F)F)OCC(F)(F)C(F)(F)F)cc1. The molecule has 1 aliphatic rings. The first kappa shape index (κ1) is 48.8. The average Bonchev–Trinajstić information content (AvgIpc) is 3.82. The molecule has 0 N–H and O–H groups in total. The Balaban J connectivity index is 1.70. The first-order valence-electron chi connectivity index (χ1n) is 20.4. The van der Waals surface area contributed by atoms with Crippen LogP contribution >= 0.6 is 0 Å².